The van der Waals surface area contributed by atoms with Crippen molar-refractivity contribution in [1.82, 2.24) is 29.1 Å². The standard InChI is InChI=1S/C23H19FN6OS/c1-15-12-25-14-29(15)11-10-21-27-22-18-4-2-3-5-19(18)26-23(30(22)28-21)32-13-20(31)16-6-8-17(24)9-7-16/h2-9,12,14H,10-11,13H2,1H3. The minimum atomic E-state index is -0.367. The fraction of sp³-hybridized carbons (Fsp3) is 0.174. The van der Waals surface area contributed by atoms with Crippen LogP contribution in [-0.4, -0.2) is 40.7 Å². The molecule has 0 aliphatic heterocycles. The molecule has 0 amide bonds. The third-order valence-electron chi connectivity index (χ3n) is 5.19. The van der Waals surface area contributed by atoms with E-state index in [4.69, 9.17) is 9.97 Å². The van der Waals surface area contributed by atoms with E-state index in [-0.39, 0.29) is 17.4 Å². The molecule has 0 radical (unpaired) electrons. The molecule has 0 atom stereocenters. The fourth-order valence-electron chi connectivity index (χ4n) is 3.46. The maximum atomic E-state index is 13.2. The van der Waals surface area contributed by atoms with Crippen LogP contribution in [-0.2, 0) is 13.0 Å². The normalized spacial score (nSPS) is 11.4. The summed E-state index contributed by atoms with van der Waals surface area (Å²) in [5.74, 6) is 0.389. The van der Waals surface area contributed by atoms with Crippen LogP contribution in [0.5, 0.6) is 0 Å². The third-order valence-corrected chi connectivity index (χ3v) is 6.12. The minimum Gasteiger partial charge on any atom is -0.334 e. The second kappa shape index (κ2) is 8.51. The molecule has 9 heteroatoms. The Kier molecular flexibility index (Phi) is 5.40. The van der Waals surface area contributed by atoms with Gasteiger partial charge in [-0.25, -0.2) is 19.3 Å². The summed E-state index contributed by atoms with van der Waals surface area (Å²) in [7, 11) is 0. The Morgan fingerprint density at radius 3 is 2.69 bits per heavy atom. The average molecular weight is 447 g/mol. The molecule has 0 aliphatic carbocycles. The highest BCUT2D eigenvalue weighted by molar-refractivity contribution is 7.99. The summed E-state index contributed by atoms with van der Waals surface area (Å²) < 4.78 is 16.9. The van der Waals surface area contributed by atoms with Crippen molar-refractivity contribution < 1.29 is 9.18 Å². The van der Waals surface area contributed by atoms with Crippen molar-refractivity contribution in [3.05, 3.63) is 84.0 Å². The highest BCUT2D eigenvalue weighted by atomic mass is 32.2. The number of thioether (sulfide) groups is 1. The summed E-state index contributed by atoms with van der Waals surface area (Å²) in [4.78, 5) is 26.2. The SMILES string of the molecule is Cc1cncn1CCc1nc2c3ccccc3nc(SCC(=O)c3ccc(F)cc3)n2n1. The van der Waals surface area contributed by atoms with Crippen LogP contribution in [0.3, 0.4) is 0 Å². The monoisotopic (exact) mass is 446 g/mol. The van der Waals surface area contributed by atoms with Crippen LogP contribution in [0.15, 0.2) is 66.2 Å². The summed E-state index contributed by atoms with van der Waals surface area (Å²) in [5, 5.41) is 6.17. The highest BCUT2D eigenvalue weighted by Crippen LogP contribution is 2.25. The van der Waals surface area contributed by atoms with Gasteiger partial charge in [0, 0.05) is 35.8 Å². The summed E-state index contributed by atoms with van der Waals surface area (Å²) in [6, 6.07) is 13.3. The molecule has 0 spiro atoms. The van der Waals surface area contributed by atoms with Gasteiger partial charge in [-0.1, -0.05) is 23.9 Å². The Balaban J connectivity index is 1.45. The number of carbonyl (C=O) groups is 1. The molecule has 5 rings (SSSR count). The molecule has 3 heterocycles. The number of hydrogen-bond acceptors (Lipinski definition) is 6. The van der Waals surface area contributed by atoms with Crippen molar-refractivity contribution in [3.63, 3.8) is 0 Å². The first-order chi connectivity index (χ1) is 15.6. The maximum Gasteiger partial charge on any atom is 0.192 e. The van der Waals surface area contributed by atoms with E-state index in [0.29, 0.717) is 28.6 Å². The predicted octanol–water partition coefficient (Wildman–Crippen LogP) is 4.14. The molecule has 0 bridgehead atoms. The second-order valence-electron chi connectivity index (χ2n) is 7.37. The fourth-order valence-corrected chi connectivity index (χ4v) is 4.30. The van der Waals surface area contributed by atoms with Gasteiger partial charge < -0.3 is 4.57 Å². The first kappa shape index (κ1) is 20.3. The molecule has 0 N–H and O–H groups in total. The van der Waals surface area contributed by atoms with Crippen molar-refractivity contribution >= 4 is 34.1 Å². The predicted molar refractivity (Wildman–Crippen MR) is 120 cm³/mol. The van der Waals surface area contributed by atoms with Crippen LogP contribution >= 0.6 is 11.8 Å². The highest BCUT2D eigenvalue weighted by Gasteiger charge is 2.16. The van der Waals surface area contributed by atoms with Crippen LogP contribution in [0.2, 0.25) is 0 Å². The number of hydrogen-bond donors (Lipinski definition) is 0. The molecule has 0 unspecified atom stereocenters. The summed E-state index contributed by atoms with van der Waals surface area (Å²) in [5.41, 5.74) is 3.05. The van der Waals surface area contributed by atoms with Crippen molar-refractivity contribution in [3.8, 4) is 0 Å². The number of nitrogens with zero attached hydrogens (tertiary/aromatic N) is 6. The van der Waals surface area contributed by atoms with Crippen molar-refractivity contribution in [1.29, 1.82) is 0 Å². The van der Waals surface area contributed by atoms with Gasteiger partial charge in [0.05, 0.1) is 17.6 Å². The number of para-hydroxylation sites is 1. The smallest absolute Gasteiger partial charge is 0.192 e. The number of halogens is 1. The Labute approximate surface area is 187 Å². The van der Waals surface area contributed by atoms with E-state index in [2.05, 4.69) is 14.6 Å². The van der Waals surface area contributed by atoms with Gasteiger partial charge in [-0.05, 0) is 43.3 Å². The number of ketones is 1. The number of carbonyl (C=O) groups excluding carboxylic acids is 1. The number of imidazole rings is 1. The molecule has 0 fully saturated rings. The average Bonchev–Trinajstić information content (AvgIpc) is 3.42. The first-order valence-corrected chi connectivity index (χ1v) is 11.1. The van der Waals surface area contributed by atoms with Gasteiger partial charge in [0.2, 0.25) is 0 Å². The zero-order valence-electron chi connectivity index (χ0n) is 17.3. The van der Waals surface area contributed by atoms with Crippen molar-refractivity contribution in [2.45, 2.75) is 25.0 Å². The number of aryl methyl sites for hydroxylation is 3. The van der Waals surface area contributed by atoms with Crippen molar-refractivity contribution in [2.24, 2.45) is 0 Å². The molecule has 5 aromatic rings. The van der Waals surface area contributed by atoms with Gasteiger partial charge in [-0.15, -0.1) is 5.10 Å². The van der Waals surface area contributed by atoms with Gasteiger partial charge >= 0.3 is 0 Å². The zero-order chi connectivity index (χ0) is 22.1. The van der Waals surface area contributed by atoms with Gasteiger partial charge in [0.1, 0.15) is 5.82 Å². The molecule has 0 saturated heterocycles. The third kappa shape index (κ3) is 3.99. The van der Waals surface area contributed by atoms with E-state index >= 15 is 0 Å². The summed E-state index contributed by atoms with van der Waals surface area (Å²) >= 11 is 1.29. The molecule has 3 aromatic heterocycles. The largest absolute Gasteiger partial charge is 0.334 e. The number of rotatable bonds is 7. The van der Waals surface area contributed by atoms with E-state index in [9.17, 15) is 9.18 Å². The molecular weight excluding hydrogens is 427 g/mol. The lowest BCUT2D eigenvalue weighted by atomic mass is 10.1. The lowest BCUT2D eigenvalue weighted by Gasteiger charge is -2.06. The van der Waals surface area contributed by atoms with Gasteiger partial charge in [-0.2, -0.15) is 4.52 Å². The lowest BCUT2D eigenvalue weighted by molar-refractivity contribution is 0.102. The summed E-state index contributed by atoms with van der Waals surface area (Å²) in [6.45, 7) is 2.73. The zero-order valence-corrected chi connectivity index (χ0v) is 18.1. The van der Waals surface area contributed by atoms with Crippen LogP contribution in [0.1, 0.15) is 21.9 Å². The van der Waals surface area contributed by atoms with E-state index in [1.165, 1.54) is 36.0 Å². The van der Waals surface area contributed by atoms with Gasteiger partial charge in [0.15, 0.2) is 22.4 Å². The van der Waals surface area contributed by atoms with Crippen molar-refractivity contribution in [2.75, 3.05) is 5.75 Å². The van der Waals surface area contributed by atoms with E-state index < -0.39 is 0 Å². The lowest BCUT2D eigenvalue weighted by Crippen LogP contribution is -2.06. The number of Topliss-reactive ketones (excluding diaryl/α,β-unsaturated/α-hetero) is 1. The van der Waals surface area contributed by atoms with Crippen LogP contribution < -0.4 is 0 Å². The maximum absolute atomic E-state index is 13.2. The topological polar surface area (TPSA) is 78.0 Å². The Morgan fingerprint density at radius 2 is 1.91 bits per heavy atom. The Bertz CT molecular complexity index is 1430. The Morgan fingerprint density at radius 1 is 1.09 bits per heavy atom. The molecule has 160 valence electrons. The number of fused-ring (bicyclic) bond motifs is 3. The second-order valence-corrected chi connectivity index (χ2v) is 8.31. The van der Waals surface area contributed by atoms with Gasteiger partial charge in [-0.3, -0.25) is 4.79 Å². The van der Waals surface area contributed by atoms with Crippen LogP contribution in [0.25, 0.3) is 16.6 Å². The molecule has 2 aromatic carbocycles. The Hall–Kier alpha value is -3.59. The first-order valence-electron chi connectivity index (χ1n) is 10.1. The molecular formula is C23H19FN6OS. The minimum absolute atomic E-state index is 0.103. The molecule has 0 saturated carbocycles. The molecule has 0 aliphatic rings. The molecule has 7 nitrogen and oxygen atoms in total. The quantitative estimate of drug-likeness (QED) is 0.212. The van der Waals surface area contributed by atoms with E-state index in [1.54, 1.807) is 10.8 Å². The van der Waals surface area contributed by atoms with E-state index in [0.717, 1.165) is 23.1 Å². The molecule has 32 heavy (non-hydrogen) atoms. The number of aromatic nitrogens is 6. The summed E-state index contributed by atoms with van der Waals surface area (Å²) in [6.07, 6.45) is 4.26. The van der Waals surface area contributed by atoms with Crippen LogP contribution in [0, 0.1) is 12.7 Å². The number of benzene rings is 2. The van der Waals surface area contributed by atoms with E-state index in [1.807, 2.05) is 37.4 Å². The van der Waals surface area contributed by atoms with Crippen LogP contribution in [0.4, 0.5) is 4.39 Å². The van der Waals surface area contributed by atoms with Gasteiger partial charge in [0.25, 0.3) is 0 Å².